The maximum absolute atomic E-state index is 13.1. The van der Waals surface area contributed by atoms with Crippen molar-refractivity contribution in [3.8, 4) is 6.07 Å². The van der Waals surface area contributed by atoms with E-state index in [-0.39, 0.29) is 5.82 Å². The number of nitriles is 1. The van der Waals surface area contributed by atoms with Crippen LogP contribution in [0.2, 0.25) is 0 Å². The first-order valence-electron chi connectivity index (χ1n) is 8.79. The number of piperazine rings is 1. The summed E-state index contributed by atoms with van der Waals surface area (Å²) in [5, 5.41) is 9.54. The van der Waals surface area contributed by atoms with Crippen LogP contribution in [-0.2, 0) is 10.0 Å². The van der Waals surface area contributed by atoms with Crippen LogP contribution in [0.3, 0.4) is 0 Å². The van der Waals surface area contributed by atoms with Crippen LogP contribution in [-0.4, -0.2) is 43.8 Å². The van der Waals surface area contributed by atoms with Gasteiger partial charge < -0.3 is 0 Å². The van der Waals surface area contributed by atoms with Crippen LogP contribution >= 0.6 is 0 Å². The Balaban J connectivity index is 1.73. The molecule has 0 N–H and O–H groups in total. The van der Waals surface area contributed by atoms with E-state index in [1.807, 2.05) is 24.8 Å². The summed E-state index contributed by atoms with van der Waals surface area (Å²) in [6.45, 7) is 5.36. The molecule has 142 valence electrons. The minimum Gasteiger partial charge on any atom is -0.282 e. The van der Waals surface area contributed by atoms with Gasteiger partial charge in [0.15, 0.2) is 0 Å². The van der Waals surface area contributed by atoms with E-state index in [9.17, 15) is 18.1 Å². The lowest BCUT2D eigenvalue weighted by Crippen LogP contribution is -2.49. The summed E-state index contributed by atoms with van der Waals surface area (Å²) in [6.07, 6.45) is 0. The van der Waals surface area contributed by atoms with E-state index in [1.165, 1.54) is 16.4 Å². The zero-order valence-electron chi connectivity index (χ0n) is 15.4. The van der Waals surface area contributed by atoms with Crippen molar-refractivity contribution < 1.29 is 12.8 Å². The molecule has 2 aromatic rings. The molecule has 3 rings (SSSR count). The SMILES string of the molecule is Cc1ccc(S(=O)(=O)N2CCN([C@H](C#N)c3ccc(F)cc3)CC2)cc1C. The number of aryl methyl sites for hydroxylation is 2. The quantitative estimate of drug-likeness (QED) is 0.809. The average molecular weight is 387 g/mol. The molecule has 1 saturated heterocycles. The molecule has 1 aliphatic rings. The van der Waals surface area contributed by atoms with Crippen LogP contribution in [0.15, 0.2) is 47.4 Å². The van der Waals surface area contributed by atoms with Gasteiger partial charge in [-0.25, -0.2) is 12.8 Å². The summed E-state index contributed by atoms with van der Waals surface area (Å²) in [4.78, 5) is 2.23. The standard InChI is InChI=1S/C20H22FN3O2S/c1-15-3-8-19(13-16(15)2)27(25,26)24-11-9-23(10-12-24)20(14-22)17-4-6-18(21)7-5-17/h3-8,13,20H,9-12H2,1-2H3/t20-/m1/s1. The summed E-state index contributed by atoms with van der Waals surface area (Å²) in [5.41, 5.74) is 2.70. The normalized spacial score (nSPS) is 17.4. The molecule has 0 aliphatic carbocycles. The summed E-state index contributed by atoms with van der Waals surface area (Å²) in [5.74, 6) is -0.347. The molecular formula is C20H22FN3O2S. The van der Waals surface area contributed by atoms with E-state index in [2.05, 4.69) is 6.07 Å². The highest BCUT2D eigenvalue weighted by Gasteiger charge is 2.31. The Labute approximate surface area is 159 Å². The van der Waals surface area contributed by atoms with Gasteiger partial charge in [0.25, 0.3) is 0 Å². The van der Waals surface area contributed by atoms with Crippen molar-refractivity contribution in [2.75, 3.05) is 26.2 Å². The Hall–Kier alpha value is -2.27. The second-order valence-electron chi connectivity index (χ2n) is 6.77. The van der Waals surface area contributed by atoms with Crippen LogP contribution in [0.25, 0.3) is 0 Å². The molecule has 5 nitrogen and oxygen atoms in total. The van der Waals surface area contributed by atoms with Gasteiger partial charge in [-0.1, -0.05) is 18.2 Å². The second kappa shape index (κ2) is 7.77. The topological polar surface area (TPSA) is 64.4 Å². The first kappa shape index (κ1) is 19.5. The monoisotopic (exact) mass is 387 g/mol. The van der Waals surface area contributed by atoms with E-state index in [0.29, 0.717) is 36.6 Å². The molecule has 1 heterocycles. The van der Waals surface area contributed by atoms with Crippen LogP contribution in [0.4, 0.5) is 4.39 Å². The van der Waals surface area contributed by atoms with Gasteiger partial charge >= 0.3 is 0 Å². The van der Waals surface area contributed by atoms with Crippen molar-refractivity contribution in [1.82, 2.24) is 9.21 Å². The molecule has 1 fully saturated rings. The maximum atomic E-state index is 13.1. The molecule has 0 unspecified atom stereocenters. The Kier molecular flexibility index (Phi) is 5.61. The summed E-state index contributed by atoms with van der Waals surface area (Å²) < 4.78 is 40.4. The average Bonchev–Trinajstić information content (AvgIpc) is 2.66. The highest BCUT2D eigenvalue weighted by atomic mass is 32.2. The summed E-state index contributed by atoms with van der Waals surface area (Å²) in [6, 6.07) is 12.7. The largest absolute Gasteiger partial charge is 0.282 e. The first-order chi connectivity index (χ1) is 12.8. The molecule has 0 saturated carbocycles. The fraction of sp³-hybridized carbons (Fsp3) is 0.350. The van der Waals surface area contributed by atoms with Crippen molar-refractivity contribution in [2.24, 2.45) is 0 Å². The molecule has 0 bridgehead atoms. The molecule has 0 spiro atoms. The molecule has 1 aliphatic heterocycles. The smallest absolute Gasteiger partial charge is 0.243 e. The zero-order chi connectivity index (χ0) is 19.6. The molecule has 2 aromatic carbocycles. The van der Waals surface area contributed by atoms with E-state index >= 15 is 0 Å². The number of benzene rings is 2. The molecule has 0 radical (unpaired) electrons. The summed E-state index contributed by atoms with van der Waals surface area (Å²) in [7, 11) is -3.55. The Bertz CT molecular complexity index is 960. The van der Waals surface area contributed by atoms with E-state index in [4.69, 9.17) is 0 Å². The third-order valence-electron chi connectivity index (χ3n) is 5.06. The highest BCUT2D eigenvalue weighted by molar-refractivity contribution is 7.89. The Morgan fingerprint density at radius 2 is 1.63 bits per heavy atom. The molecule has 0 aromatic heterocycles. The zero-order valence-corrected chi connectivity index (χ0v) is 16.2. The van der Waals surface area contributed by atoms with Crippen molar-refractivity contribution in [3.05, 3.63) is 65.0 Å². The van der Waals surface area contributed by atoms with Gasteiger partial charge in [-0.05, 0) is 54.8 Å². The van der Waals surface area contributed by atoms with Gasteiger partial charge in [-0.3, -0.25) is 4.90 Å². The second-order valence-corrected chi connectivity index (χ2v) is 8.71. The van der Waals surface area contributed by atoms with E-state index < -0.39 is 16.1 Å². The van der Waals surface area contributed by atoms with Gasteiger partial charge in [0, 0.05) is 26.2 Å². The number of hydrogen-bond acceptors (Lipinski definition) is 4. The first-order valence-corrected chi connectivity index (χ1v) is 10.2. The number of hydrogen-bond donors (Lipinski definition) is 0. The number of sulfonamides is 1. The van der Waals surface area contributed by atoms with Crippen molar-refractivity contribution >= 4 is 10.0 Å². The van der Waals surface area contributed by atoms with Crippen LogP contribution in [0.5, 0.6) is 0 Å². The number of rotatable bonds is 4. The van der Waals surface area contributed by atoms with Crippen LogP contribution < -0.4 is 0 Å². The van der Waals surface area contributed by atoms with Gasteiger partial charge in [-0.15, -0.1) is 0 Å². The highest BCUT2D eigenvalue weighted by Crippen LogP contribution is 2.25. The molecule has 1 atom stereocenters. The van der Waals surface area contributed by atoms with Crippen molar-refractivity contribution in [1.29, 1.82) is 5.26 Å². The summed E-state index contributed by atoms with van der Waals surface area (Å²) >= 11 is 0. The lowest BCUT2D eigenvalue weighted by molar-refractivity contribution is 0.162. The Morgan fingerprint density at radius 3 is 2.19 bits per heavy atom. The third kappa shape index (κ3) is 4.03. The fourth-order valence-electron chi connectivity index (χ4n) is 3.24. The van der Waals surface area contributed by atoms with Gasteiger partial charge in [0.2, 0.25) is 10.0 Å². The van der Waals surface area contributed by atoms with Gasteiger partial charge in [0.1, 0.15) is 11.9 Å². The Morgan fingerprint density at radius 1 is 1.00 bits per heavy atom. The van der Waals surface area contributed by atoms with Crippen molar-refractivity contribution in [3.63, 3.8) is 0 Å². The predicted molar refractivity (Wildman–Crippen MR) is 101 cm³/mol. The minimum absolute atomic E-state index is 0.300. The van der Waals surface area contributed by atoms with Crippen molar-refractivity contribution in [2.45, 2.75) is 24.8 Å². The number of nitrogens with zero attached hydrogens (tertiary/aromatic N) is 3. The molecular weight excluding hydrogens is 365 g/mol. The lowest BCUT2D eigenvalue weighted by Gasteiger charge is -2.36. The maximum Gasteiger partial charge on any atom is 0.243 e. The third-order valence-corrected chi connectivity index (χ3v) is 6.96. The predicted octanol–water partition coefficient (Wildman–Crippen LogP) is 3.01. The molecule has 0 amide bonds. The van der Waals surface area contributed by atoms with Gasteiger partial charge in [0.05, 0.1) is 11.0 Å². The minimum atomic E-state index is -3.55. The lowest BCUT2D eigenvalue weighted by atomic mass is 10.1. The molecule has 7 heteroatoms. The van der Waals surface area contributed by atoms with Gasteiger partial charge in [-0.2, -0.15) is 9.57 Å². The van der Waals surface area contributed by atoms with E-state index in [0.717, 1.165) is 11.1 Å². The van der Waals surface area contributed by atoms with E-state index in [1.54, 1.807) is 24.3 Å². The van der Waals surface area contributed by atoms with Crippen LogP contribution in [0.1, 0.15) is 22.7 Å². The fourth-order valence-corrected chi connectivity index (χ4v) is 4.75. The number of halogens is 1. The molecule has 27 heavy (non-hydrogen) atoms. The van der Waals surface area contributed by atoms with Crippen LogP contribution in [0, 0.1) is 31.0 Å².